The molecular formula is C25H21ClN4O3. The van der Waals surface area contributed by atoms with Crippen LogP contribution in [-0.2, 0) is 11.3 Å². The Morgan fingerprint density at radius 1 is 1.09 bits per heavy atom. The highest BCUT2D eigenvalue weighted by Gasteiger charge is 2.15. The Kier molecular flexibility index (Phi) is 6.80. The van der Waals surface area contributed by atoms with Crippen LogP contribution < -0.4 is 15.4 Å². The molecule has 8 heteroatoms. The van der Waals surface area contributed by atoms with Gasteiger partial charge in [0.1, 0.15) is 23.0 Å². The van der Waals surface area contributed by atoms with Crippen LogP contribution in [0, 0.1) is 6.92 Å². The van der Waals surface area contributed by atoms with E-state index in [2.05, 4.69) is 20.6 Å². The van der Waals surface area contributed by atoms with Crippen LogP contribution in [0.15, 0.2) is 77.9 Å². The number of rotatable bonds is 7. The normalized spacial score (nSPS) is 12.2. The Morgan fingerprint density at radius 3 is 2.73 bits per heavy atom. The van der Waals surface area contributed by atoms with Gasteiger partial charge in [0.25, 0.3) is 11.8 Å². The lowest BCUT2D eigenvalue weighted by Crippen LogP contribution is -2.23. The van der Waals surface area contributed by atoms with Crippen LogP contribution in [0.1, 0.15) is 21.5 Å². The molecule has 0 bridgehead atoms. The summed E-state index contributed by atoms with van der Waals surface area (Å²) in [5.41, 5.74) is 2.46. The summed E-state index contributed by atoms with van der Waals surface area (Å²) >= 11 is 6.01. The number of benzene rings is 2. The first-order chi connectivity index (χ1) is 16.0. The Bertz CT molecular complexity index is 1270. The molecule has 1 aliphatic rings. The van der Waals surface area contributed by atoms with Crippen LogP contribution in [0.25, 0.3) is 0 Å². The molecule has 0 saturated heterocycles. The van der Waals surface area contributed by atoms with Crippen LogP contribution in [-0.4, -0.2) is 29.1 Å². The van der Waals surface area contributed by atoms with Gasteiger partial charge in [0, 0.05) is 35.0 Å². The lowest BCUT2D eigenvalue weighted by molar-refractivity contribution is -0.110. The van der Waals surface area contributed by atoms with Gasteiger partial charge in [0.15, 0.2) is 0 Å². The predicted molar refractivity (Wildman–Crippen MR) is 128 cm³/mol. The minimum atomic E-state index is -0.331. The zero-order valence-electron chi connectivity index (χ0n) is 17.8. The summed E-state index contributed by atoms with van der Waals surface area (Å²) in [6.45, 7) is 2.68. The number of nitrogens with zero attached hydrogens (tertiary/aromatic N) is 2. The van der Waals surface area contributed by atoms with Crippen molar-refractivity contribution in [2.24, 2.45) is 4.99 Å². The van der Waals surface area contributed by atoms with Crippen molar-refractivity contribution in [2.75, 3.05) is 11.9 Å². The Hall–Kier alpha value is -3.97. The molecule has 33 heavy (non-hydrogen) atoms. The van der Waals surface area contributed by atoms with Gasteiger partial charge in [0.05, 0.1) is 6.54 Å². The first-order valence-electron chi connectivity index (χ1n) is 10.3. The quantitative estimate of drug-likeness (QED) is 0.533. The van der Waals surface area contributed by atoms with Gasteiger partial charge in [-0.15, -0.1) is 0 Å². The smallest absolute Gasteiger partial charge is 0.274 e. The van der Waals surface area contributed by atoms with Crippen LogP contribution >= 0.6 is 11.6 Å². The summed E-state index contributed by atoms with van der Waals surface area (Å²) in [6, 6.07) is 15.9. The maximum Gasteiger partial charge on any atom is 0.274 e. The SMILES string of the molecule is Cc1c(Oc2ccnc(NC(=O)C3=NCC=C3)c2)cccc1C(=O)NCc1cccc(Cl)c1. The highest BCUT2D eigenvalue weighted by atomic mass is 35.5. The molecule has 0 atom stereocenters. The summed E-state index contributed by atoms with van der Waals surface area (Å²) in [7, 11) is 0. The van der Waals surface area contributed by atoms with Crippen molar-refractivity contribution in [3.8, 4) is 11.5 Å². The maximum absolute atomic E-state index is 12.8. The first-order valence-corrected chi connectivity index (χ1v) is 10.7. The van der Waals surface area contributed by atoms with Gasteiger partial charge in [-0.25, -0.2) is 4.98 Å². The number of pyridine rings is 1. The van der Waals surface area contributed by atoms with Crippen LogP contribution in [0.2, 0.25) is 5.02 Å². The van der Waals surface area contributed by atoms with Gasteiger partial charge in [0.2, 0.25) is 0 Å². The average Bonchev–Trinajstić information content (AvgIpc) is 3.35. The van der Waals surface area contributed by atoms with Crippen LogP contribution in [0.5, 0.6) is 11.5 Å². The van der Waals surface area contributed by atoms with E-state index in [4.69, 9.17) is 16.3 Å². The van der Waals surface area contributed by atoms with E-state index in [0.29, 0.717) is 52.3 Å². The van der Waals surface area contributed by atoms with E-state index in [1.165, 1.54) is 6.20 Å². The zero-order valence-corrected chi connectivity index (χ0v) is 18.6. The second kappa shape index (κ2) is 10.1. The Morgan fingerprint density at radius 2 is 1.94 bits per heavy atom. The number of aliphatic imine (C=N–C) groups is 1. The summed E-state index contributed by atoms with van der Waals surface area (Å²) in [5.74, 6) is 0.795. The van der Waals surface area contributed by atoms with Crippen molar-refractivity contribution in [3.05, 3.63) is 94.7 Å². The summed E-state index contributed by atoms with van der Waals surface area (Å²) in [5, 5.41) is 6.23. The molecule has 1 aromatic heterocycles. The molecule has 1 aliphatic heterocycles. The number of hydrogen-bond donors (Lipinski definition) is 2. The van der Waals surface area contributed by atoms with Gasteiger partial charge < -0.3 is 15.4 Å². The van der Waals surface area contributed by atoms with E-state index in [0.717, 1.165) is 5.56 Å². The van der Waals surface area contributed by atoms with E-state index in [1.54, 1.807) is 42.5 Å². The Balaban J connectivity index is 1.44. The molecule has 0 spiro atoms. The third-order valence-electron chi connectivity index (χ3n) is 4.95. The molecule has 2 aromatic carbocycles. The Labute approximate surface area is 196 Å². The van der Waals surface area contributed by atoms with E-state index in [9.17, 15) is 9.59 Å². The fraction of sp³-hybridized carbons (Fsp3) is 0.120. The molecule has 0 aliphatic carbocycles. The number of hydrogen-bond acceptors (Lipinski definition) is 5. The molecule has 0 unspecified atom stereocenters. The molecule has 4 rings (SSSR count). The number of carbonyl (C=O) groups is 2. The number of anilines is 1. The van der Waals surface area contributed by atoms with Crippen molar-refractivity contribution in [2.45, 2.75) is 13.5 Å². The largest absolute Gasteiger partial charge is 0.457 e. The molecule has 0 saturated carbocycles. The minimum absolute atomic E-state index is 0.217. The fourth-order valence-corrected chi connectivity index (χ4v) is 3.47. The fourth-order valence-electron chi connectivity index (χ4n) is 3.26. The van der Waals surface area contributed by atoms with Gasteiger partial charge in [-0.2, -0.15) is 0 Å². The van der Waals surface area contributed by atoms with E-state index >= 15 is 0 Å². The number of aromatic nitrogens is 1. The molecule has 2 amide bonds. The van der Waals surface area contributed by atoms with Gasteiger partial charge in [-0.05, 0) is 48.9 Å². The van der Waals surface area contributed by atoms with Gasteiger partial charge in [-0.1, -0.05) is 35.9 Å². The van der Waals surface area contributed by atoms with E-state index in [-0.39, 0.29) is 11.8 Å². The topological polar surface area (TPSA) is 92.7 Å². The summed E-state index contributed by atoms with van der Waals surface area (Å²) in [6.07, 6.45) is 5.01. The number of halogens is 1. The third kappa shape index (κ3) is 5.64. The lowest BCUT2D eigenvalue weighted by atomic mass is 10.1. The highest BCUT2D eigenvalue weighted by molar-refractivity contribution is 6.47. The number of ether oxygens (including phenoxy) is 1. The molecular weight excluding hydrogens is 440 g/mol. The number of nitrogens with one attached hydrogen (secondary N) is 2. The van der Waals surface area contributed by atoms with Crippen molar-refractivity contribution >= 4 is 34.9 Å². The molecule has 2 N–H and O–H groups in total. The zero-order chi connectivity index (χ0) is 23.2. The van der Waals surface area contributed by atoms with Crippen molar-refractivity contribution in [3.63, 3.8) is 0 Å². The monoisotopic (exact) mass is 460 g/mol. The number of amides is 2. The van der Waals surface area contributed by atoms with Crippen molar-refractivity contribution < 1.29 is 14.3 Å². The van der Waals surface area contributed by atoms with Crippen LogP contribution in [0.4, 0.5) is 5.82 Å². The number of carbonyl (C=O) groups excluding carboxylic acids is 2. The summed E-state index contributed by atoms with van der Waals surface area (Å²) in [4.78, 5) is 33.2. The molecule has 0 fully saturated rings. The molecule has 3 aromatic rings. The predicted octanol–water partition coefficient (Wildman–Crippen LogP) is 4.72. The average molecular weight is 461 g/mol. The van der Waals surface area contributed by atoms with Crippen molar-refractivity contribution in [1.29, 1.82) is 0 Å². The molecule has 7 nitrogen and oxygen atoms in total. The van der Waals surface area contributed by atoms with Gasteiger partial charge in [-0.3, -0.25) is 14.6 Å². The van der Waals surface area contributed by atoms with Crippen LogP contribution in [0.3, 0.4) is 0 Å². The van der Waals surface area contributed by atoms with E-state index in [1.807, 2.05) is 31.2 Å². The highest BCUT2D eigenvalue weighted by Crippen LogP contribution is 2.28. The molecule has 2 heterocycles. The molecule has 0 radical (unpaired) electrons. The van der Waals surface area contributed by atoms with E-state index < -0.39 is 0 Å². The standard InChI is InChI=1S/C25H21ClN4O3/c1-16-20(24(31)29-15-17-5-2-6-18(26)13-17)7-3-9-22(16)33-19-10-12-28-23(14-19)30-25(32)21-8-4-11-27-21/h2-10,12-14H,11,15H2,1H3,(H,29,31)(H,28,30,32). The second-order valence-electron chi connectivity index (χ2n) is 7.30. The molecule has 166 valence electrons. The van der Waals surface area contributed by atoms with Gasteiger partial charge >= 0.3 is 0 Å². The first kappa shape index (κ1) is 22.2. The maximum atomic E-state index is 12.8. The lowest BCUT2D eigenvalue weighted by Gasteiger charge is -2.13. The minimum Gasteiger partial charge on any atom is -0.457 e. The third-order valence-corrected chi connectivity index (χ3v) is 5.18. The van der Waals surface area contributed by atoms with Crippen molar-refractivity contribution in [1.82, 2.24) is 10.3 Å². The second-order valence-corrected chi connectivity index (χ2v) is 7.74. The summed E-state index contributed by atoms with van der Waals surface area (Å²) < 4.78 is 5.99.